The van der Waals surface area contributed by atoms with Crippen LogP contribution in [0.1, 0.15) is 11.1 Å². The summed E-state index contributed by atoms with van der Waals surface area (Å²) in [5.41, 5.74) is 2.79. The van der Waals surface area contributed by atoms with Crippen molar-refractivity contribution in [2.24, 2.45) is 0 Å². The van der Waals surface area contributed by atoms with E-state index < -0.39 is 0 Å². The van der Waals surface area contributed by atoms with E-state index in [4.69, 9.17) is 0 Å². The van der Waals surface area contributed by atoms with Crippen LogP contribution in [-0.2, 0) is 6.42 Å². The average Bonchev–Trinajstić information content (AvgIpc) is 2.55. The Hall–Kier alpha value is -2.60. The first-order chi connectivity index (χ1) is 10.4. The van der Waals surface area contributed by atoms with E-state index in [9.17, 15) is 0 Å². The van der Waals surface area contributed by atoms with Crippen molar-refractivity contribution < 1.29 is 0 Å². The molecular formula is C21H16. The van der Waals surface area contributed by atoms with Crippen molar-refractivity contribution in [3.63, 3.8) is 0 Å². The summed E-state index contributed by atoms with van der Waals surface area (Å²) in [7, 11) is 0. The topological polar surface area (TPSA) is 0 Å². The van der Waals surface area contributed by atoms with Crippen molar-refractivity contribution in [1.29, 1.82) is 0 Å². The van der Waals surface area contributed by atoms with Gasteiger partial charge in [-0.3, -0.25) is 0 Å². The van der Waals surface area contributed by atoms with Gasteiger partial charge in [-0.05, 0) is 45.2 Å². The van der Waals surface area contributed by atoms with Gasteiger partial charge in [0, 0.05) is 0 Å². The molecule has 0 aliphatic carbocycles. The van der Waals surface area contributed by atoms with Gasteiger partial charge in [-0.25, -0.2) is 0 Å². The molecule has 0 radical (unpaired) electrons. The molecule has 0 aliphatic rings. The lowest BCUT2D eigenvalue weighted by Gasteiger charge is -2.11. The largest absolute Gasteiger partial charge is 0.0622 e. The Morgan fingerprint density at radius 1 is 0.524 bits per heavy atom. The van der Waals surface area contributed by atoms with E-state index in [-0.39, 0.29) is 0 Å². The second kappa shape index (κ2) is 5.06. The molecule has 0 saturated heterocycles. The standard InChI is InChI=1S/C21H16/c1-2-8-16(9-3-1)14-21-19-12-6-4-10-17(19)15-18-11-5-7-13-20(18)21/h1-13,15H,14H2. The van der Waals surface area contributed by atoms with Crippen molar-refractivity contribution in [2.45, 2.75) is 6.42 Å². The summed E-state index contributed by atoms with van der Waals surface area (Å²) in [6.07, 6.45) is 0.975. The second-order valence-electron chi connectivity index (χ2n) is 5.46. The van der Waals surface area contributed by atoms with Gasteiger partial charge in [0.15, 0.2) is 0 Å². The number of fused-ring (bicyclic) bond motifs is 2. The Bertz CT molecular complexity index is 851. The van der Waals surface area contributed by atoms with Crippen LogP contribution in [0.4, 0.5) is 0 Å². The molecule has 0 unspecified atom stereocenters. The molecule has 0 aromatic heterocycles. The molecule has 4 aromatic carbocycles. The van der Waals surface area contributed by atoms with Crippen molar-refractivity contribution in [1.82, 2.24) is 0 Å². The molecule has 4 rings (SSSR count). The van der Waals surface area contributed by atoms with E-state index in [0.29, 0.717) is 0 Å². The summed E-state index contributed by atoms with van der Waals surface area (Å²) in [5, 5.41) is 5.37. The van der Waals surface area contributed by atoms with Crippen LogP contribution in [0.5, 0.6) is 0 Å². The fourth-order valence-electron chi connectivity index (χ4n) is 3.10. The first kappa shape index (κ1) is 12.2. The zero-order valence-corrected chi connectivity index (χ0v) is 11.8. The maximum absolute atomic E-state index is 2.29. The predicted octanol–water partition coefficient (Wildman–Crippen LogP) is 5.58. The third-order valence-corrected chi connectivity index (χ3v) is 4.11. The molecule has 0 bridgehead atoms. The van der Waals surface area contributed by atoms with E-state index in [0.717, 1.165) is 6.42 Å². The van der Waals surface area contributed by atoms with Crippen LogP contribution < -0.4 is 0 Å². The lowest BCUT2D eigenvalue weighted by Crippen LogP contribution is -1.92. The van der Waals surface area contributed by atoms with E-state index in [1.165, 1.54) is 32.7 Å². The third-order valence-electron chi connectivity index (χ3n) is 4.11. The summed E-state index contributed by atoms with van der Waals surface area (Å²) in [6.45, 7) is 0. The fraction of sp³-hybridized carbons (Fsp3) is 0.0476. The summed E-state index contributed by atoms with van der Waals surface area (Å²) < 4.78 is 0. The van der Waals surface area contributed by atoms with Crippen LogP contribution in [0.2, 0.25) is 0 Å². The smallest absolute Gasteiger partial charge is 0.00134 e. The minimum Gasteiger partial charge on any atom is -0.0622 e. The summed E-state index contributed by atoms with van der Waals surface area (Å²) in [4.78, 5) is 0. The number of hydrogen-bond donors (Lipinski definition) is 0. The minimum absolute atomic E-state index is 0.975. The molecule has 100 valence electrons. The molecule has 21 heavy (non-hydrogen) atoms. The third kappa shape index (κ3) is 2.19. The lowest BCUT2D eigenvalue weighted by atomic mass is 9.92. The number of benzene rings is 4. The molecule has 0 heteroatoms. The Balaban J connectivity index is 2.02. The number of rotatable bonds is 2. The fourth-order valence-corrected chi connectivity index (χ4v) is 3.10. The van der Waals surface area contributed by atoms with Gasteiger partial charge in [0.2, 0.25) is 0 Å². The van der Waals surface area contributed by atoms with E-state index >= 15 is 0 Å². The van der Waals surface area contributed by atoms with Crippen molar-refractivity contribution >= 4 is 21.5 Å². The molecule has 0 nitrogen and oxygen atoms in total. The zero-order valence-electron chi connectivity index (χ0n) is 11.8. The normalized spacial score (nSPS) is 11.0. The molecular weight excluding hydrogens is 252 g/mol. The molecule has 0 fully saturated rings. The van der Waals surface area contributed by atoms with Crippen LogP contribution in [0.25, 0.3) is 21.5 Å². The zero-order chi connectivity index (χ0) is 14.1. The highest BCUT2D eigenvalue weighted by atomic mass is 14.1. The van der Waals surface area contributed by atoms with E-state index in [2.05, 4.69) is 84.9 Å². The Morgan fingerprint density at radius 2 is 1.05 bits per heavy atom. The van der Waals surface area contributed by atoms with Crippen LogP contribution in [0.15, 0.2) is 84.9 Å². The summed E-state index contributed by atoms with van der Waals surface area (Å²) in [6, 6.07) is 30.4. The van der Waals surface area contributed by atoms with E-state index in [1.807, 2.05) is 0 Å². The van der Waals surface area contributed by atoms with Crippen molar-refractivity contribution in [2.75, 3.05) is 0 Å². The minimum atomic E-state index is 0.975. The molecule has 0 heterocycles. The van der Waals surface area contributed by atoms with Gasteiger partial charge in [0.25, 0.3) is 0 Å². The summed E-state index contributed by atoms with van der Waals surface area (Å²) in [5.74, 6) is 0. The highest BCUT2D eigenvalue weighted by Gasteiger charge is 2.07. The van der Waals surface area contributed by atoms with Crippen molar-refractivity contribution in [3.05, 3.63) is 96.1 Å². The first-order valence-electron chi connectivity index (χ1n) is 7.35. The monoisotopic (exact) mass is 268 g/mol. The van der Waals surface area contributed by atoms with Gasteiger partial charge in [0.05, 0.1) is 0 Å². The van der Waals surface area contributed by atoms with Gasteiger partial charge in [-0.1, -0.05) is 78.9 Å². The van der Waals surface area contributed by atoms with E-state index in [1.54, 1.807) is 0 Å². The molecule has 4 aromatic rings. The quantitative estimate of drug-likeness (QED) is 0.416. The Labute approximate surface area is 124 Å². The number of hydrogen-bond acceptors (Lipinski definition) is 0. The van der Waals surface area contributed by atoms with Crippen molar-refractivity contribution in [3.8, 4) is 0 Å². The SMILES string of the molecule is c1ccc(Cc2c3ccccc3cc3ccccc23)cc1. The van der Waals surface area contributed by atoms with Crippen LogP contribution in [0, 0.1) is 0 Å². The van der Waals surface area contributed by atoms with Crippen LogP contribution >= 0.6 is 0 Å². The highest BCUT2D eigenvalue weighted by Crippen LogP contribution is 2.30. The Morgan fingerprint density at radius 3 is 1.67 bits per heavy atom. The Kier molecular flexibility index (Phi) is 2.93. The highest BCUT2D eigenvalue weighted by molar-refractivity contribution is 6.02. The second-order valence-corrected chi connectivity index (χ2v) is 5.46. The lowest BCUT2D eigenvalue weighted by molar-refractivity contribution is 1.23. The molecule has 0 spiro atoms. The van der Waals surface area contributed by atoms with Gasteiger partial charge >= 0.3 is 0 Å². The van der Waals surface area contributed by atoms with Crippen LogP contribution in [-0.4, -0.2) is 0 Å². The van der Waals surface area contributed by atoms with Gasteiger partial charge in [-0.15, -0.1) is 0 Å². The van der Waals surface area contributed by atoms with Gasteiger partial charge < -0.3 is 0 Å². The molecule has 0 atom stereocenters. The van der Waals surface area contributed by atoms with Crippen LogP contribution in [0.3, 0.4) is 0 Å². The molecule has 0 saturated carbocycles. The predicted molar refractivity (Wildman–Crippen MR) is 90.7 cm³/mol. The maximum Gasteiger partial charge on any atom is -0.00134 e. The molecule has 0 aliphatic heterocycles. The molecule has 0 N–H and O–H groups in total. The van der Waals surface area contributed by atoms with Gasteiger partial charge in [-0.2, -0.15) is 0 Å². The molecule has 0 amide bonds. The van der Waals surface area contributed by atoms with Gasteiger partial charge in [0.1, 0.15) is 0 Å². The summed E-state index contributed by atoms with van der Waals surface area (Å²) >= 11 is 0. The first-order valence-corrected chi connectivity index (χ1v) is 7.35. The maximum atomic E-state index is 2.29. The average molecular weight is 268 g/mol.